The van der Waals surface area contributed by atoms with Crippen molar-refractivity contribution in [3.8, 4) is 5.75 Å². The summed E-state index contributed by atoms with van der Waals surface area (Å²) < 4.78 is 5.72. The fraction of sp³-hybridized carbons (Fsp3) is 0.353. The number of aromatic nitrogens is 1. The summed E-state index contributed by atoms with van der Waals surface area (Å²) in [5, 5.41) is 0.973. The normalized spacial score (nSPS) is 11.5. The van der Waals surface area contributed by atoms with E-state index in [1.807, 2.05) is 12.1 Å². The molecule has 0 amide bonds. The van der Waals surface area contributed by atoms with Crippen LogP contribution in [0.2, 0.25) is 10.2 Å². The van der Waals surface area contributed by atoms with E-state index in [0.29, 0.717) is 22.5 Å². The molecule has 0 aliphatic heterocycles. The highest BCUT2D eigenvalue weighted by Gasteiger charge is 2.17. The first kappa shape index (κ1) is 16.1. The van der Waals surface area contributed by atoms with Gasteiger partial charge in [-0.1, -0.05) is 56.1 Å². The molecule has 4 heteroatoms. The molecule has 1 aromatic heterocycles. The molecular formula is C17H19Cl2NO. The van der Waals surface area contributed by atoms with Gasteiger partial charge in [0.1, 0.15) is 17.5 Å². The maximum atomic E-state index is 6.07. The van der Waals surface area contributed by atoms with Crippen LogP contribution in [0.15, 0.2) is 36.4 Å². The van der Waals surface area contributed by atoms with Crippen LogP contribution in [-0.4, -0.2) is 4.98 Å². The molecule has 2 rings (SSSR count). The van der Waals surface area contributed by atoms with E-state index in [4.69, 9.17) is 27.9 Å². The Morgan fingerprint density at radius 1 is 1.05 bits per heavy atom. The lowest BCUT2D eigenvalue weighted by atomic mass is 9.82. The number of rotatable bonds is 5. The SMILES string of the molecule is CCC(C)(C)c1ccc(OCc2nc(Cl)ccc2Cl)cc1. The van der Waals surface area contributed by atoms with Gasteiger partial charge in [0.25, 0.3) is 0 Å². The van der Waals surface area contributed by atoms with Gasteiger partial charge in [0, 0.05) is 0 Å². The Labute approximate surface area is 136 Å². The lowest BCUT2D eigenvalue weighted by Crippen LogP contribution is -2.15. The monoisotopic (exact) mass is 323 g/mol. The Morgan fingerprint density at radius 3 is 2.33 bits per heavy atom. The van der Waals surface area contributed by atoms with Gasteiger partial charge in [-0.05, 0) is 41.7 Å². The van der Waals surface area contributed by atoms with Crippen molar-refractivity contribution >= 4 is 23.2 Å². The highest BCUT2D eigenvalue weighted by molar-refractivity contribution is 6.32. The summed E-state index contributed by atoms with van der Waals surface area (Å²) in [6.45, 7) is 6.96. The third-order valence-corrected chi connectivity index (χ3v) is 4.33. The van der Waals surface area contributed by atoms with Gasteiger partial charge in [0.05, 0.1) is 10.7 Å². The Balaban J connectivity index is 2.06. The molecule has 0 saturated heterocycles. The van der Waals surface area contributed by atoms with E-state index in [2.05, 4.69) is 37.9 Å². The van der Waals surface area contributed by atoms with Crippen molar-refractivity contribution in [1.29, 1.82) is 0 Å². The highest BCUT2D eigenvalue weighted by atomic mass is 35.5. The van der Waals surface area contributed by atoms with E-state index in [1.165, 1.54) is 5.56 Å². The van der Waals surface area contributed by atoms with Crippen molar-refractivity contribution in [2.45, 2.75) is 39.2 Å². The van der Waals surface area contributed by atoms with Gasteiger partial charge in [-0.3, -0.25) is 0 Å². The minimum atomic E-state index is 0.177. The zero-order valence-electron chi connectivity index (χ0n) is 12.5. The van der Waals surface area contributed by atoms with Crippen molar-refractivity contribution in [3.63, 3.8) is 0 Å². The zero-order valence-corrected chi connectivity index (χ0v) is 14.0. The second-order valence-corrected chi connectivity index (χ2v) is 6.41. The standard InChI is InChI=1S/C17H19Cl2NO/c1-4-17(2,3)12-5-7-13(8-6-12)21-11-15-14(18)9-10-16(19)20-15/h5-10H,4,11H2,1-3H3. The maximum Gasteiger partial charge on any atom is 0.132 e. The van der Waals surface area contributed by atoms with E-state index in [9.17, 15) is 0 Å². The van der Waals surface area contributed by atoms with E-state index in [1.54, 1.807) is 12.1 Å². The van der Waals surface area contributed by atoms with Gasteiger partial charge in [0.15, 0.2) is 0 Å². The predicted molar refractivity (Wildman–Crippen MR) is 88.3 cm³/mol. The smallest absolute Gasteiger partial charge is 0.132 e. The van der Waals surface area contributed by atoms with Gasteiger partial charge < -0.3 is 4.74 Å². The minimum Gasteiger partial charge on any atom is -0.487 e. The molecule has 1 aromatic carbocycles. The van der Waals surface area contributed by atoms with Crippen LogP contribution in [-0.2, 0) is 12.0 Å². The molecule has 0 fully saturated rings. The summed E-state index contributed by atoms with van der Waals surface area (Å²) in [5.74, 6) is 0.795. The molecule has 2 aromatic rings. The Kier molecular flexibility index (Phi) is 5.13. The average Bonchev–Trinajstić information content (AvgIpc) is 2.48. The zero-order chi connectivity index (χ0) is 15.5. The molecule has 0 spiro atoms. The second-order valence-electron chi connectivity index (χ2n) is 5.61. The molecule has 0 saturated carbocycles. The molecule has 21 heavy (non-hydrogen) atoms. The number of ether oxygens (including phenoxy) is 1. The van der Waals surface area contributed by atoms with Crippen molar-refractivity contribution in [2.24, 2.45) is 0 Å². The van der Waals surface area contributed by atoms with E-state index in [-0.39, 0.29) is 5.41 Å². The molecule has 0 aliphatic carbocycles. The first-order valence-corrected chi connectivity index (χ1v) is 7.72. The van der Waals surface area contributed by atoms with Crippen LogP contribution in [0.5, 0.6) is 5.75 Å². The van der Waals surface area contributed by atoms with E-state index >= 15 is 0 Å². The van der Waals surface area contributed by atoms with Crippen LogP contribution in [0.1, 0.15) is 38.4 Å². The van der Waals surface area contributed by atoms with Gasteiger partial charge in [0.2, 0.25) is 0 Å². The third kappa shape index (κ3) is 4.12. The Morgan fingerprint density at radius 2 is 1.71 bits per heavy atom. The lowest BCUT2D eigenvalue weighted by molar-refractivity contribution is 0.301. The third-order valence-electron chi connectivity index (χ3n) is 3.78. The van der Waals surface area contributed by atoms with Crippen LogP contribution in [0.3, 0.4) is 0 Å². The summed E-state index contributed by atoms with van der Waals surface area (Å²) >= 11 is 11.9. The molecule has 0 unspecified atom stereocenters. The summed E-state index contributed by atoms with van der Waals surface area (Å²) in [6.07, 6.45) is 1.09. The molecule has 0 radical (unpaired) electrons. The molecule has 0 aliphatic rings. The predicted octanol–water partition coefficient (Wildman–Crippen LogP) is 5.66. The van der Waals surface area contributed by atoms with Crippen LogP contribution >= 0.6 is 23.2 Å². The van der Waals surface area contributed by atoms with Crippen molar-refractivity contribution in [2.75, 3.05) is 0 Å². The average molecular weight is 324 g/mol. The summed E-state index contributed by atoms with van der Waals surface area (Å²) in [6, 6.07) is 11.5. The molecular weight excluding hydrogens is 305 g/mol. The van der Waals surface area contributed by atoms with Crippen molar-refractivity contribution in [1.82, 2.24) is 4.98 Å². The maximum absolute atomic E-state index is 6.07. The fourth-order valence-corrected chi connectivity index (χ4v) is 2.24. The molecule has 0 bridgehead atoms. The number of pyridine rings is 1. The van der Waals surface area contributed by atoms with E-state index < -0.39 is 0 Å². The van der Waals surface area contributed by atoms with Crippen LogP contribution in [0.4, 0.5) is 0 Å². The highest BCUT2D eigenvalue weighted by Crippen LogP contribution is 2.28. The molecule has 112 valence electrons. The van der Waals surface area contributed by atoms with Crippen molar-refractivity contribution in [3.05, 3.63) is 57.8 Å². The quantitative estimate of drug-likeness (QED) is 0.663. The van der Waals surface area contributed by atoms with Crippen LogP contribution < -0.4 is 4.74 Å². The van der Waals surface area contributed by atoms with Gasteiger partial charge in [-0.15, -0.1) is 0 Å². The summed E-state index contributed by atoms with van der Waals surface area (Å²) in [5.41, 5.74) is 2.12. The number of halogens is 2. The fourth-order valence-electron chi connectivity index (χ4n) is 1.92. The van der Waals surface area contributed by atoms with Crippen LogP contribution in [0, 0.1) is 0 Å². The molecule has 0 atom stereocenters. The number of hydrogen-bond acceptors (Lipinski definition) is 2. The van der Waals surface area contributed by atoms with Gasteiger partial charge >= 0.3 is 0 Å². The topological polar surface area (TPSA) is 22.1 Å². The molecule has 0 N–H and O–H groups in total. The molecule has 2 nitrogen and oxygen atoms in total. The number of nitrogens with zero attached hydrogens (tertiary/aromatic N) is 1. The molecule has 1 heterocycles. The van der Waals surface area contributed by atoms with Gasteiger partial charge in [-0.2, -0.15) is 0 Å². The Bertz CT molecular complexity index is 609. The number of hydrogen-bond donors (Lipinski definition) is 0. The first-order chi connectivity index (χ1) is 9.92. The van der Waals surface area contributed by atoms with Gasteiger partial charge in [-0.25, -0.2) is 4.98 Å². The van der Waals surface area contributed by atoms with E-state index in [0.717, 1.165) is 12.2 Å². The minimum absolute atomic E-state index is 0.177. The second kappa shape index (κ2) is 6.67. The number of benzene rings is 1. The summed E-state index contributed by atoms with van der Waals surface area (Å²) in [4.78, 5) is 4.17. The summed E-state index contributed by atoms with van der Waals surface area (Å²) in [7, 11) is 0. The first-order valence-electron chi connectivity index (χ1n) is 6.96. The van der Waals surface area contributed by atoms with Crippen LogP contribution in [0.25, 0.3) is 0 Å². The Hall–Kier alpha value is -1.25. The lowest BCUT2D eigenvalue weighted by Gasteiger charge is -2.23. The van der Waals surface area contributed by atoms with Crippen molar-refractivity contribution < 1.29 is 4.74 Å². The largest absolute Gasteiger partial charge is 0.487 e.